The van der Waals surface area contributed by atoms with Crippen molar-refractivity contribution in [3.8, 4) is 34.5 Å². The standard InChI is InChI=1S/C57H61N3O8/c1-33-6-3-7-35(22-33)32-68-51-29-40(28-49(65)56(51)66)39-24-36-12-13-37-25-44(61)26-38-14-15-45(54(36)53(37)38)60-52-31-42(18-21-59-52)57(19-4-8-41(57)30-43-9-5-20-58-43)55(48(64)27-39)47(63)17-11-34-10-16-46(62)50(23-34)67-2/h3,5,7,9-10,12-16,18,20-21,23,25-26,28-29,31,33,35-36,39,41,47,55,58,61-63,65-66H,4,6,8,11,17,19,22,24,27,30,32H2,1-2H3,(H,59,60). The van der Waals surface area contributed by atoms with Crippen LogP contribution in [0.25, 0.3) is 16.8 Å². The molecule has 2 aromatic heterocycles. The Morgan fingerprint density at radius 1 is 0.941 bits per heavy atom. The summed E-state index contributed by atoms with van der Waals surface area (Å²) in [7, 11) is 1.51. The van der Waals surface area contributed by atoms with Gasteiger partial charge in [0, 0.05) is 47.4 Å². The fourth-order valence-electron chi connectivity index (χ4n) is 12.4. The number of Topliss-reactive ketones (excluding diaryl/α,β-unsaturated/α-hetero) is 1. The van der Waals surface area contributed by atoms with Crippen LogP contribution in [0, 0.1) is 23.7 Å². The first-order valence-electron chi connectivity index (χ1n) is 24.2. The van der Waals surface area contributed by atoms with Crippen LogP contribution in [0.4, 0.5) is 11.5 Å². The first-order valence-corrected chi connectivity index (χ1v) is 24.2. The van der Waals surface area contributed by atoms with Crippen LogP contribution in [0.5, 0.6) is 34.5 Å². The molecule has 8 unspecified atom stereocenters. The molecular formula is C57H61N3O8. The van der Waals surface area contributed by atoms with Crippen LogP contribution in [-0.4, -0.2) is 61.1 Å². The van der Waals surface area contributed by atoms with Gasteiger partial charge in [-0.15, -0.1) is 0 Å². The van der Waals surface area contributed by atoms with Crippen molar-refractivity contribution in [2.45, 2.75) is 94.5 Å². The van der Waals surface area contributed by atoms with E-state index < -0.39 is 23.4 Å². The molecule has 1 saturated carbocycles. The van der Waals surface area contributed by atoms with Crippen molar-refractivity contribution in [1.29, 1.82) is 0 Å². The Morgan fingerprint density at radius 2 is 1.82 bits per heavy atom. The Bertz CT molecular complexity index is 2890. The molecule has 352 valence electrons. The van der Waals surface area contributed by atoms with Gasteiger partial charge < -0.3 is 45.3 Å². The number of H-pyrrole nitrogens is 1. The van der Waals surface area contributed by atoms with E-state index in [9.17, 15) is 25.5 Å². The van der Waals surface area contributed by atoms with Gasteiger partial charge in [-0.05, 0) is 174 Å². The molecule has 8 atom stereocenters. The number of aromatic amines is 1. The molecule has 0 saturated heterocycles. The van der Waals surface area contributed by atoms with Crippen LogP contribution in [0.15, 0.2) is 109 Å². The Morgan fingerprint density at radius 3 is 2.65 bits per heavy atom. The van der Waals surface area contributed by atoms with Gasteiger partial charge in [0.05, 0.1) is 25.7 Å². The van der Waals surface area contributed by atoms with E-state index in [1.54, 1.807) is 42.6 Å². The monoisotopic (exact) mass is 915 g/mol. The third-order valence-corrected chi connectivity index (χ3v) is 15.5. The highest BCUT2D eigenvalue weighted by Crippen LogP contribution is 2.56. The number of aromatic hydroxyl groups is 4. The maximum absolute atomic E-state index is 16.2. The second-order valence-electron chi connectivity index (χ2n) is 19.9. The van der Waals surface area contributed by atoms with E-state index in [0.29, 0.717) is 55.3 Å². The van der Waals surface area contributed by atoms with E-state index in [1.165, 1.54) is 7.11 Å². The smallest absolute Gasteiger partial charge is 0.200 e. The second-order valence-corrected chi connectivity index (χ2v) is 19.9. The molecule has 68 heavy (non-hydrogen) atoms. The van der Waals surface area contributed by atoms with Crippen LogP contribution < -0.4 is 14.8 Å². The van der Waals surface area contributed by atoms with Crippen LogP contribution >= 0.6 is 0 Å². The van der Waals surface area contributed by atoms with E-state index in [4.69, 9.17) is 14.5 Å². The van der Waals surface area contributed by atoms with Crippen molar-refractivity contribution in [3.05, 3.63) is 143 Å². The molecule has 11 nitrogen and oxygen atoms in total. The van der Waals surface area contributed by atoms with E-state index in [2.05, 4.69) is 47.6 Å². The number of carbonyl (C=O) groups is 1. The molecule has 0 amide bonds. The minimum Gasteiger partial charge on any atom is -0.508 e. The number of hydrogen-bond acceptors (Lipinski definition) is 10. The fourth-order valence-corrected chi connectivity index (χ4v) is 12.4. The van der Waals surface area contributed by atoms with Crippen LogP contribution in [0.3, 0.4) is 0 Å². The SMILES string of the molecule is COc1cc(CCC(O)C2C(=O)CC(c3cc(O)c(O)c(OCC4C=CCC(C)C4)c3)CC3C=Cc4cc(O)cc5ccc(c3c45)Nc3cc(ccn3)C23CCCC3Cc2ccc[nH]2)ccc1O. The number of aliphatic hydroxyl groups excluding tert-OH is 1. The molecule has 6 aromatic rings. The average molecular weight is 916 g/mol. The maximum Gasteiger partial charge on any atom is 0.200 e. The van der Waals surface area contributed by atoms with Crippen LogP contribution in [-0.2, 0) is 23.1 Å². The summed E-state index contributed by atoms with van der Waals surface area (Å²) in [6.07, 6.45) is 17.3. The third-order valence-electron chi connectivity index (χ3n) is 15.5. The lowest BCUT2D eigenvalue weighted by atomic mass is 9.58. The van der Waals surface area contributed by atoms with Crippen LogP contribution in [0.1, 0.15) is 104 Å². The van der Waals surface area contributed by atoms with E-state index in [-0.39, 0.29) is 65.1 Å². The third kappa shape index (κ3) is 8.68. The minimum atomic E-state index is -1.08. The first kappa shape index (κ1) is 45.1. The summed E-state index contributed by atoms with van der Waals surface area (Å²) in [5.41, 5.74) is 5.42. The fraction of sp³-hybridized carbons (Fsp3) is 0.368. The van der Waals surface area contributed by atoms with Gasteiger partial charge in [0.15, 0.2) is 23.0 Å². The lowest BCUT2D eigenvalue weighted by Gasteiger charge is -2.45. The number of aliphatic hydroxyl groups is 1. The van der Waals surface area contributed by atoms with E-state index in [1.807, 2.05) is 42.6 Å². The predicted molar refractivity (Wildman–Crippen MR) is 264 cm³/mol. The number of anilines is 2. The summed E-state index contributed by atoms with van der Waals surface area (Å²) in [5.74, 6) is -0.442. The summed E-state index contributed by atoms with van der Waals surface area (Å²) in [4.78, 5) is 24.5. The van der Waals surface area contributed by atoms with Crippen molar-refractivity contribution in [3.63, 3.8) is 0 Å². The predicted octanol–water partition coefficient (Wildman–Crippen LogP) is 11.3. The Balaban J connectivity index is 1.13. The molecular weight excluding hydrogens is 855 g/mol. The molecule has 11 heteroatoms. The van der Waals surface area contributed by atoms with Gasteiger partial charge >= 0.3 is 0 Å². The summed E-state index contributed by atoms with van der Waals surface area (Å²) in [6, 6.07) is 24.3. The summed E-state index contributed by atoms with van der Waals surface area (Å²) in [6.45, 7) is 2.54. The average Bonchev–Trinajstić information content (AvgIpc) is 4.01. The summed E-state index contributed by atoms with van der Waals surface area (Å²) in [5, 5.41) is 62.5. The number of carbonyl (C=O) groups excluding carboxylic acids is 1. The van der Waals surface area contributed by atoms with Gasteiger partial charge in [-0.25, -0.2) is 4.98 Å². The molecule has 0 radical (unpaired) electrons. The Hall–Kier alpha value is -6.72. The van der Waals surface area contributed by atoms with Gasteiger partial charge in [-0.1, -0.05) is 49.8 Å². The van der Waals surface area contributed by atoms with Gasteiger partial charge in [-0.3, -0.25) is 4.79 Å². The number of nitrogens with one attached hydrogen (secondary N) is 2. The highest BCUT2D eigenvalue weighted by molar-refractivity contribution is 6.00. The lowest BCUT2D eigenvalue weighted by molar-refractivity contribution is -0.132. The molecule has 4 aliphatic rings. The number of benzene rings is 4. The number of allylic oxidation sites excluding steroid dienone is 2. The van der Waals surface area contributed by atoms with Crippen molar-refractivity contribution in [1.82, 2.24) is 9.97 Å². The molecule has 3 aliphatic carbocycles. The lowest BCUT2D eigenvalue weighted by Crippen LogP contribution is -2.50. The molecule has 1 spiro atoms. The maximum atomic E-state index is 16.2. The number of ketones is 1. The highest BCUT2D eigenvalue weighted by Gasteiger charge is 2.55. The number of nitrogens with zero attached hydrogens (tertiary/aromatic N) is 1. The van der Waals surface area contributed by atoms with E-state index in [0.717, 1.165) is 70.1 Å². The molecule has 2 bridgehead atoms. The number of aromatic nitrogens is 2. The number of ether oxygens (including phenoxy) is 2. The zero-order valence-corrected chi connectivity index (χ0v) is 38.7. The van der Waals surface area contributed by atoms with Gasteiger partial charge in [0.25, 0.3) is 0 Å². The van der Waals surface area contributed by atoms with Crippen molar-refractivity contribution in [2.75, 3.05) is 19.0 Å². The zero-order chi connectivity index (χ0) is 47.1. The number of methoxy groups -OCH3 is 1. The molecule has 3 heterocycles. The minimum absolute atomic E-state index is 0.0269. The molecule has 4 aromatic carbocycles. The largest absolute Gasteiger partial charge is 0.508 e. The number of phenols is 4. The quantitative estimate of drug-likeness (QED) is 0.0489. The van der Waals surface area contributed by atoms with E-state index >= 15 is 4.79 Å². The molecule has 7 N–H and O–H groups in total. The zero-order valence-electron chi connectivity index (χ0n) is 38.7. The number of pyridine rings is 1. The van der Waals surface area contributed by atoms with Crippen molar-refractivity contribution < 1.29 is 39.8 Å². The topological polar surface area (TPSA) is 177 Å². The Kier molecular flexibility index (Phi) is 12.4. The van der Waals surface area contributed by atoms with Crippen LogP contribution in [0.2, 0.25) is 0 Å². The van der Waals surface area contributed by atoms with Crippen molar-refractivity contribution in [2.24, 2.45) is 23.7 Å². The molecule has 10 rings (SSSR count). The highest BCUT2D eigenvalue weighted by atomic mass is 16.5. The summed E-state index contributed by atoms with van der Waals surface area (Å²) < 4.78 is 11.8. The van der Waals surface area contributed by atoms with Gasteiger partial charge in [0.2, 0.25) is 5.75 Å². The Labute approximate surface area is 397 Å². The normalized spacial score (nSPS) is 24.8. The molecule has 1 fully saturated rings. The number of rotatable bonds is 11. The number of fused-ring (bicyclic) bond motifs is 3. The summed E-state index contributed by atoms with van der Waals surface area (Å²) >= 11 is 0. The van der Waals surface area contributed by atoms with Crippen molar-refractivity contribution >= 4 is 34.1 Å². The molecule has 1 aliphatic heterocycles. The van der Waals surface area contributed by atoms with Gasteiger partial charge in [-0.2, -0.15) is 0 Å². The second kappa shape index (κ2) is 18.8. The first-order chi connectivity index (χ1) is 33.0. The number of hydrogen-bond donors (Lipinski definition) is 7. The van der Waals surface area contributed by atoms with Gasteiger partial charge in [0.1, 0.15) is 17.4 Å². The number of phenolic OH excluding ortho intramolecular Hbond substituents is 4. The number of aryl methyl sites for hydroxylation is 1.